The smallest absolute Gasteiger partial charge is 0.238 e. The Hall–Kier alpha value is -3.15. The van der Waals surface area contributed by atoms with E-state index < -0.39 is 10.0 Å². The highest BCUT2D eigenvalue weighted by atomic mass is 32.2. The maximum Gasteiger partial charge on any atom is 0.238 e. The van der Waals surface area contributed by atoms with E-state index in [9.17, 15) is 13.2 Å². The van der Waals surface area contributed by atoms with Gasteiger partial charge in [0.15, 0.2) is 0 Å². The quantitative estimate of drug-likeness (QED) is 0.447. The van der Waals surface area contributed by atoms with Gasteiger partial charge < -0.3 is 10.6 Å². The molecule has 1 aliphatic heterocycles. The summed E-state index contributed by atoms with van der Waals surface area (Å²) in [5.74, 6) is 0.247. The average molecular weight is 427 g/mol. The largest absolute Gasteiger partial charge is 0.355 e. The lowest BCUT2D eigenvalue weighted by atomic mass is 9.98. The van der Waals surface area contributed by atoms with Gasteiger partial charge in [0.1, 0.15) is 0 Å². The number of aromatic nitrogens is 4. The topological polar surface area (TPSA) is 156 Å². The first-order chi connectivity index (χ1) is 14.4. The minimum Gasteiger partial charge on any atom is -0.355 e. The molecule has 1 saturated heterocycles. The Kier molecular flexibility index (Phi) is 5.57. The summed E-state index contributed by atoms with van der Waals surface area (Å²) in [6, 6.07) is 12.8. The van der Waals surface area contributed by atoms with Gasteiger partial charge in [-0.3, -0.25) is 4.79 Å². The molecule has 2 aromatic carbocycles. The third-order valence-electron chi connectivity index (χ3n) is 5.03. The van der Waals surface area contributed by atoms with Crippen molar-refractivity contribution in [3.05, 3.63) is 48.0 Å². The molecular formula is C19H21N7O3S. The summed E-state index contributed by atoms with van der Waals surface area (Å²) in [5, 5.41) is 25.5. The van der Waals surface area contributed by atoms with Crippen LogP contribution in [0.15, 0.2) is 47.4 Å². The zero-order valence-electron chi connectivity index (χ0n) is 16.0. The van der Waals surface area contributed by atoms with E-state index in [1.165, 1.54) is 6.07 Å². The summed E-state index contributed by atoms with van der Waals surface area (Å²) in [7, 11) is -3.98. The number of piperidine rings is 1. The van der Waals surface area contributed by atoms with Crippen LogP contribution in [0.25, 0.3) is 22.5 Å². The second kappa shape index (κ2) is 8.30. The number of nitrogens with one attached hydrogen (secondary N) is 3. The lowest BCUT2D eigenvalue weighted by Gasteiger charge is -2.23. The molecule has 0 saturated carbocycles. The molecule has 156 valence electrons. The van der Waals surface area contributed by atoms with E-state index in [0.717, 1.165) is 17.5 Å². The number of hydrogen-bond donors (Lipinski definition) is 4. The highest BCUT2D eigenvalue weighted by molar-refractivity contribution is 7.89. The van der Waals surface area contributed by atoms with Crippen LogP contribution in [0.1, 0.15) is 18.4 Å². The zero-order chi connectivity index (χ0) is 21.1. The molecule has 2 heterocycles. The van der Waals surface area contributed by atoms with Crippen molar-refractivity contribution in [2.45, 2.75) is 30.3 Å². The van der Waals surface area contributed by atoms with Crippen molar-refractivity contribution in [1.82, 2.24) is 31.3 Å². The fourth-order valence-corrected chi connectivity index (χ4v) is 4.23. The molecule has 1 aromatic heterocycles. The molecule has 11 heteroatoms. The standard InChI is InChI=1S/C19H21N7O3S/c20-30(28,29)16-3-1-2-15(18(16)19-23-25-26-24-19)13-6-4-12(5-7-13)10-21-14-8-9-17(27)22-11-14/h1-7,14,21H,8-11H2,(H,22,27)(H2,20,28,29)(H,23,24,25,26). The van der Waals surface area contributed by atoms with Gasteiger partial charge in [0.2, 0.25) is 21.8 Å². The summed E-state index contributed by atoms with van der Waals surface area (Å²) >= 11 is 0. The highest BCUT2D eigenvalue weighted by Gasteiger charge is 2.22. The van der Waals surface area contributed by atoms with Crippen molar-refractivity contribution in [3.8, 4) is 22.5 Å². The Morgan fingerprint density at radius 1 is 1.17 bits per heavy atom. The molecule has 1 atom stereocenters. The van der Waals surface area contributed by atoms with E-state index in [1.54, 1.807) is 12.1 Å². The predicted octanol–water partition coefficient (Wildman–Crippen LogP) is 0.549. The zero-order valence-corrected chi connectivity index (χ0v) is 16.8. The van der Waals surface area contributed by atoms with Crippen molar-refractivity contribution in [1.29, 1.82) is 0 Å². The molecule has 4 rings (SSSR count). The molecule has 0 aliphatic carbocycles. The van der Waals surface area contributed by atoms with Gasteiger partial charge in [-0.05, 0) is 34.4 Å². The van der Waals surface area contributed by atoms with Crippen LogP contribution in [0, 0.1) is 0 Å². The summed E-state index contributed by atoms with van der Waals surface area (Å²) in [4.78, 5) is 11.2. The van der Waals surface area contributed by atoms with E-state index in [0.29, 0.717) is 30.6 Å². The number of hydrogen-bond acceptors (Lipinski definition) is 7. The van der Waals surface area contributed by atoms with Gasteiger partial charge in [-0.2, -0.15) is 5.21 Å². The van der Waals surface area contributed by atoms with Crippen LogP contribution in [0.5, 0.6) is 0 Å². The minimum absolute atomic E-state index is 0.0634. The molecular weight excluding hydrogens is 406 g/mol. The molecule has 10 nitrogen and oxygen atoms in total. The monoisotopic (exact) mass is 427 g/mol. The van der Waals surface area contributed by atoms with E-state index >= 15 is 0 Å². The number of benzene rings is 2. The lowest BCUT2D eigenvalue weighted by molar-refractivity contribution is -0.122. The Labute approximate surface area is 173 Å². The van der Waals surface area contributed by atoms with Crippen LogP contribution in [0.3, 0.4) is 0 Å². The first-order valence-corrected chi connectivity index (χ1v) is 11.0. The van der Waals surface area contributed by atoms with E-state index in [4.69, 9.17) is 5.14 Å². The fraction of sp³-hybridized carbons (Fsp3) is 0.263. The third-order valence-corrected chi connectivity index (χ3v) is 5.98. The second-order valence-electron chi connectivity index (χ2n) is 7.08. The number of carbonyl (C=O) groups is 1. The van der Waals surface area contributed by atoms with Crippen LogP contribution >= 0.6 is 0 Å². The summed E-state index contributed by atoms with van der Waals surface area (Å²) in [6.07, 6.45) is 1.36. The van der Waals surface area contributed by atoms with Crippen LogP contribution < -0.4 is 15.8 Å². The molecule has 1 amide bonds. The number of amides is 1. The summed E-state index contributed by atoms with van der Waals surface area (Å²) in [6.45, 7) is 1.29. The Balaban J connectivity index is 1.59. The maximum atomic E-state index is 12.1. The van der Waals surface area contributed by atoms with Crippen LogP contribution in [0.2, 0.25) is 0 Å². The summed E-state index contributed by atoms with van der Waals surface area (Å²) < 4.78 is 24.2. The van der Waals surface area contributed by atoms with E-state index in [2.05, 4.69) is 31.3 Å². The predicted molar refractivity (Wildman–Crippen MR) is 109 cm³/mol. The van der Waals surface area contributed by atoms with Gasteiger partial charge in [0.05, 0.1) is 10.5 Å². The fourth-order valence-electron chi connectivity index (χ4n) is 3.48. The van der Waals surface area contributed by atoms with Gasteiger partial charge in [0.25, 0.3) is 0 Å². The SMILES string of the molecule is NS(=O)(=O)c1cccc(-c2ccc(CNC3CCC(=O)NC3)cc2)c1-c1nn[nH]n1. The number of carbonyl (C=O) groups excluding carboxylic acids is 1. The molecule has 1 fully saturated rings. The average Bonchev–Trinajstić information content (AvgIpc) is 3.27. The van der Waals surface area contributed by atoms with Gasteiger partial charge in [-0.15, -0.1) is 10.2 Å². The number of aromatic amines is 1. The van der Waals surface area contributed by atoms with Crippen molar-refractivity contribution < 1.29 is 13.2 Å². The number of sulfonamides is 1. The third kappa shape index (κ3) is 4.37. The molecule has 0 radical (unpaired) electrons. The number of nitrogens with two attached hydrogens (primary N) is 1. The van der Waals surface area contributed by atoms with Gasteiger partial charge in [0, 0.05) is 25.6 Å². The van der Waals surface area contributed by atoms with Gasteiger partial charge in [-0.1, -0.05) is 36.4 Å². The van der Waals surface area contributed by atoms with Gasteiger partial charge in [-0.25, -0.2) is 13.6 Å². The molecule has 0 spiro atoms. The lowest BCUT2D eigenvalue weighted by Crippen LogP contribution is -2.45. The highest BCUT2D eigenvalue weighted by Crippen LogP contribution is 2.34. The number of nitrogens with zero attached hydrogens (tertiary/aromatic N) is 3. The second-order valence-corrected chi connectivity index (χ2v) is 8.61. The van der Waals surface area contributed by atoms with E-state index in [1.807, 2.05) is 24.3 Å². The molecule has 0 bridgehead atoms. The molecule has 1 unspecified atom stereocenters. The Bertz CT molecular complexity index is 1140. The molecule has 3 aromatic rings. The summed E-state index contributed by atoms with van der Waals surface area (Å²) in [5.41, 5.74) is 2.81. The van der Waals surface area contributed by atoms with E-state index in [-0.39, 0.29) is 22.7 Å². The number of H-pyrrole nitrogens is 1. The normalized spacial score (nSPS) is 17.0. The minimum atomic E-state index is -3.98. The number of primary sulfonamides is 1. The van der Waals surface area contributed by atoms with Crippen molar-refractivity contribution in [2.24, 2.45) is 5.14 Å². The Morgan fingerprint density at radius 2 is 1.97 bits per heavy atom. The van der Waals surface area contributed by atoms with Crippen LogP contribution in [0.4, 0.5) is 0 Å². The number of tetrazole rings is 1. The maximum absolute atomic E-state index is 12.1. The van der Waals surface area contributed by atoms with Crippen molar-refractivity contribution in [3.63, 3.8) is 0 Å². The molecule has 1 aliphatic rings. The number of rotatable bonds is 6. The van der Waals surface area contributed by atoms with Gasteiger partial charge >= 0.3 is 0 Å². The van der Waals surface area contributed by atoms with Crippen LogP contribution in [-0.2, 0) is 21.4 Å². The molecule has 5 N–H and O–H groups in total. The Morgan fingerprint density at radius 3 is 2.60 bits per heavy atom. The van der Waals surface area contributed by atoms with Crippen molar-refractivity contribution >= 4 is 15.9 Å². The first kappa shape index (κ1) is 20.1. The molecule has 30 heavy (non-hydrogen) atoms. The first-order valence-electron chi connectivity index (χ1n) is 9.41. The van der Waals surface area contributed by atoms with Crippen LogP contribution in [-0.4, -0.2) is 47.5 Å². The van der Waals surface area contributed by atoms with Crippen molar-refractivity contribution in [2.75, 3.05) is 6.54 Å².